The Hall–Kier alpha value is -1.38. The van der Waals surface area contributed by atoms with Crippen molar-refractivity contribution in [2.24, 2.45) is 0 Å². The molecule has 0 unspecified atom stereocenters. The monoisotopic (exact) mass is 204 g/mol. The number of fused-ring (bicyclic) bond motifs is 1. The van der Waals surface area contributed by atoms with Crippen molar-refractivity contribution in [2.45, 2.75) is 39.5 Å². The molecule has 80 valence electrons. The van der Waals surface area contributed by atoms with E-state index in [1.54, 1.807) is 6.26 Å². The Morgan fingerprint density at radius 3 is 2.40 bits per heavy atom. The maximum atomic E-state index is 5.35. The van der Waals surface area contributed by atoms with Crippen molar-refractivity contribution in [1.29, 1.82) is 0 Å². The Kier molecular flexibility index (Phi) is 2.47. The average molecular weight is 204 g/mol. The van der Waals surface area contributed by atoms with Crippen molar-refractivity contribution >= 4 is 11.1 Å². The summed E-state index contributed by atoms with van der Waals surface area (Å²) in [6.45, 7) is 8.46. The average Bonchev–Trinajstić information content (AvgIpc) is 2.62. The van der Waals surface area contributed by atoms with Crippen LogP contribution in [-0.4, -0.2) is 9.97 Å². The van der Waals surface area contributed by atoms with Crippen LogP contribution in [0.5, 0.6) is 0 Å². The van der Waals surface area contributed by atoms with Gasteiger partial charge in [-0.15, -0.1) is 0 Å². The maximum absolute atomic E-state index is 5.35. The number of rotatable bonds is 2. The summed E-state index contributed by atoms with van der Waals surface area (Å²) in [5.74, 6) is 1.59. The summed E-state index contributed by atoms with van der Waals surface area (Å²) >= 11 is 0. The molecule has 0 N–H and O–H groups in total. The van der Waals surface area contributed by atoms with Crippen molar-refractivity contribution in [1.82, 2.24) is 9.97 Å². The van der Waals surface area contributed by atoms with Gasteiger partial charge in [0.25, 0.3) is 0 Å². The van der Waals surface area contributed by atoms with Gasteiger partial charge in [-0.25, -0.2) is 4.98 Å². The lowest BCUT2D eigenvalue weighted by Crippen LogP contribution is -2.03. The van der Waals surface area contributed by atoms with E-state index in [-0.39, 0.29) is 0 Å². The highest BCUT2D eigenvalue weighted by atomic mass is 16.3. The number of aromatic nitrogens is 2. The van der Waals surface area contributed by atoms with E-state index in [0.717, 1.165) is 16.9 Å². The van der Waals surface area contributed by atoms with Gasteiger partial charge in [0.05, 0.1) is 17.3 Å². The van der Waals surface area contributed by atoms with Crippen LogP contribution < -0.4 is 0 Å². The Morgan fingerprint density at radius 1 is 1.07 bits per heavy atom. The van der Waals surface area contributed by atoms with Gasteiger partial charge >= 0.3 is 0 Å². The Balaban J connectivity index is 2.69. The van der Waals surface area contributed by atoms with E-state index in [1.807, 2.05) is 6.07 Å². The van der Waals surface area contributed by atoms with E-state index in [9.17, 15) is 0 Å². The van der Waals surface area contributed by atoms with Gasteiger partial charge in [0.1, 0.15) is 5.82 Å². The largest absolute Gasteiger partial charge is 0.446 e. The van der Waals surface area contributed by atoms with Crippen molar-refractivity contribution in [2.75, 3.05) is 0 Å². The third kappa shape index (κ3) is 1.74. The first-order valence-corrected chi connectivity index (χ1v) is 5.34. The molecule has 2 heterocycles. The van der Waals surface area contributed by atoms with Crippen LogP contribution in [0.1, 0.15) is 51.0 Å². The summed E-state index contributed by atoms with van der Waals surface area (Å²) < 4.78 is 5.35. The Morgan fingerprint density at radius 2 is 1.80 bits per heavy atom. The summed E-state index contributed by atoms with van der Waals surface area (Å²) in [6, 6.07) is 1.94. The number of hydrogen-bond acceptors (Lipinski definition) is 3. The van der Waals surface area contributed by atoms with Crippen LogP contribution in [0.25, 0.3) is 11.1 Å². The predicted molar refractivity (Wildman–Crippen MR) is 60.0 cm³/mol. The van der Waals surface area contributed by atoms with Crippen LogP contribution in [-0.2, 0) is 0 Å². The fourth-order valence-corrected chi connectivity index (χ4v) is 1.59. The minimum Gasteiger partial charge on any atom is -0.446 e. The van der Waals surface area contributed by atoms with Crippen LogP contribution in [0.15, 0.2) is 16.7 Å². The van der Waals surface area contributed by atoms with E-state index in [1.165, 1.54) is 0 Å². The summed E-state index contributed by atoms with van der Waals surface area (Å²) in [5, 5.41) is 1.04. The molecule has 0 aromatic carbocycles. The van der Waals surface area contributed by atoms with Crippen LogP contribution >= 0.6 is 0 Å². The lowest BCUT2D eigenvalue weighted by Gasteiger charge is -2.09. The quantitative estimate of drug-likeness (QED) is 0.751. The smallest absolute Gasteiger partial charge is 0.229 e. The van der Waals surface area contributed by atoms with Gasteiger partial charge < -0.3 is 4.42 Å². The minimum absolute atomic E-state index is 0.331. The molecule has 0 aliphatic rings. The highest BCUT2D eigenvalue weighted by molar-refractivity contribution is 5.76. The van der Waals surface area contributed by atoms with Crippen LogP contribution in [0, 0.1) is 0 Å². The summed E-state index contributed by atoms with van der Waals surface area (Å²) in [5.41, 5.74) is 1.79. The van der Waals surface area contributed by atoms with Crippen molar-refractivity contribution < 1.29 is 4.42 Å². The van der Waals surface area contributed by atoms with Gasteiger partial charge in [-0.3, -0.25) is 0 Å². The molecule has 0 aliphatic carbocycles. The van der Waals surface area contributed by atoms with Crippen molar-refractivity contribution in [3.8, 4) is 0 Å². The molecule has 2 aromatic rings. The number of hydrogen-bond donors (Lipinski definition) is 0. The highest BCUT2D eigenvalue weighted by Gasteiger charge is 2.14. The topological polar surface area (TPSA) is 38.9 Å². The fraction of sp³-hybridized carbons (Fsp3) is 0.500. The molecule has 0 amide bonds. The first kappa shape index (κ1) is 10.1. The fourth-order valence-electron chi connectivity index (χ4n) is 1.59. The predicted octanol–water partition coefficient (Wildman–Crippen LogP) is 3.47. The first-order chi connectivity index (χ1) is 7.09. The molecule has 3 nitrogen and oxygen atoms in total. The maximum Gasteiger partial charge on any atom is 0.229 e. The molecule has 0 fully saturated rings. The second-order valence-corrected chi connectivity index (χ2v) is 4.42. The number of furan rings is 1. The molecule has 0 atom stereocenters. The van der Waals surface area contributed by atoms with E-state index in [4.69, 9.17) is 4.42 Å². The van der Waals surface area contributed by atoms with Gasteiger partial charge in [0.2, 0.25) is 5.71 Å². The second-order valence-electron chi connectivity index (χ2n) is 4.42. The standard InChI is InChI=1S/C12H16N2O/c1-7(2)10-9-5-6-15-12(9)14-11(13-10)8(3)4/h5-8H,1-4H3. The molecule has 2 rings (SSSR count). The molecule has 0 aliphatic heterocycles. The van der Waals surface area contributed by atoms with Gasteiger partial charge in [-0.1, -0.05) is 27.7 Å². The highest BCUT2D eigenvalue weighted by Crippen LogP contribution is 2.25. The van der Waals surface area contributed by atoms with Crippen molar-refractivity contribution in [3.63, 3.8) is 0 Å². The van der Waals surface area contributed by atoms with Crippen LogP contribution in [0.3, 0.4) is 0 Å². The molecule has 15 heavy (non-hydrogen) atoms. The summed E-state index contributed by atoms with van der Waals surface area (Å²) in [4.78, 5) is 9.00. The molecule has 0 radical (unpaired) electrons. The molecule has 2 aromatic heterocycles. The van der Waals surface area contributed by atoms with Crippen LogP contribution in [0.4, 0.5) is 0 Å². The zero-order chi connectivity index (χ0) is 11.0. The van der Waals surface area contributed by atoms with E-state index < -0.39 is 0 Å². The minimum atomic E-state index is 0.331. The van der Waals surface area contributed by atoms with Gasteiger partial charge in [-0.2, -0.15) is 4.98 Å². The summed E-state index contributed by atoms with van der Waals surface area (Å²) in [6.07, 6.45) is 1.68. The third-order valence-electron chi connectivity index (χ3n) is 2.44. The van der Waals surface area contributed by atoms with Crippen LogP contribution in [0.2, 0.25) is 0 Å². The zero-order valence-electron chi connectivity index (χ0n) is 9.61. The van der Waals surface area contributed by atoms with Gasteiger partial charge in [0, 0.05) is 5.92 Å². The Labute approximate surface area is 89.5 Å². The molecule has 0 bridgehead atoms. The number of nitrogens with zero attached hydrogens (tertiary/aromatic N) is 2. The summed E-state index contributed by atoms with van der Waals surface area (Å²) in [7, 11) is 0. The molecule has 0 saturated heterocycles. The van der Waals surface area contributed by atoms with Gasteiger partial charge in [-0.05, 0) is 12.0 Å². The third-order valence-corrected chi connectivity index (χ3v) is 2.44. The lowest BCUT2D eigenvalue weighted by atomic mass is 10.1. The first-order valence-electron chi connectivity index (χ1n) is 5.34. The van der Waals surface area contributed by atoms with E-state index in [2.05, 4.69) is 37.7 Å². The lowest BCUT2D eigenvalue weighted by molar-refractivity contribution is 0.594. The SMILES string of the molecule is CC(C)c1nc(C(C)C)c2ccoc2n1. The molecule has 0 spiro atoms. The van der Waals surface area contributed by atoms with Crippen molar-refractivity contribution in [3.05, 3.63) is 23.8 Å². The Bertz CT molecular complexity index is 471. The normalized spacial score (nSPS) is 11.9. The second kappa shape index (κ2) is 3.65. The van der Waals surface area contributed by atoms with Gasteiger partial charge in [0.15, 0.2) is 0 Å². The zero-order valence-corrected chi connectivity index (χ0v) is 9.61. The molecular formula is C12H16N2O. The van der Waals surface area contributed by atoms with E-state index >= 15 is 0 Å². The molecule has 0 saturated carbocycles. The molecule has 3 heteroatoms. The molecular weight excluding hydrogens is 188 g/mol. The van der Waals surface area contributed by atoms with E-state index in [0.29, 0.717) is 17.5 Å².